The van der Waals surface area contributed by atoms with Gasteiger partial charge in [0.2, 0.25) is 0 Å². The third kappa shape index (κ3) is 3.45. The molecule has 0 aliphatic rings. The fraction of sp³-hybridized carbons (Fsp3) is 0.308. The third-order valence-corrected chi connectivity index (χ3v) is 3.47. The van der Waals surface area contributed by atoms with Crippen LogP contribution in [0.4, 0.5) is 0 Å². The largest absolute Gasteiger partial charge is 0.469 e. The molecule has 4 heteroatoms. The molecule has 0 spiro atoms. The normalized spacial score (nSPS) is 12.2. The summed E-state index contributed by atoms with van der Waals surface area (Å²) < 4.78 is 5.30. The molecule has 2 aromatic rings. The average molecular weight is 246 g/mol. The highest BCUT2D eigenvalue weighted by Crippen LogP contribution is 2.15. The smallest absolute Gasteiger partial charge is 0.110 e. The summed E-state index contributed by atoms with van der Waals surface area (Å²) in [5, 5.41) is 12.1. The second-order valence-electron chi connectivity index (χ2n) is 3.94. The van der Waals surface area contributed by atoms with E-state index in [1.165, 1.54) is 16.2 Å². The molecular weight excluding hydrogens is 232 g/mol. The molecule has 1 N–H and O–H groups in total. The molecule has 0 amide bonds. The highest BCUT2D eigenvalue weighted by atomic mass is 32.1. The lowest BCUT2D eigenvalue weighted by Gasteiger charge is -2.11. The van der Waals surface area contributed by atoms with Gasteiger partial charge < -0.3 is 9.73 Å². The number of nitriles is 1. The van der Waals surface area contributed by atoms with Crippen LogP contribution in [0.25, 0.3) is 0 Å². The molecule has 0 bridgehead atoms. The summed E-state index contributed by atoms with van der Waals surface area (Å²) in [5.41, 5.74) is 0. The Hall–Kier alpha value is -1.57. The van der Waals surface area contributed by atoms with E-state index in [0.29, 0.717) is 6.04 Å². The van der Waals surface area contributed by atoms with E-state index >= 15 is 0 Å². The standard InChI is InChI=1S/C13H14N2OS/c1-10(7-11-3-2-6-16-11)15-9-13-5-4-12(8-14)17-13/h2-6,10,15H,7,9H2,1H3. The van der Waals surface area contributed by atoms with E-state index < -0.39 is 0 Å². The van der Waals surface area contributed by atoms with Crippen LogP contribution in [-0.2, 0) is 13.0 Å². The minimum atomic E-state index is 0.355. The van der Waals surface area contributed by atoms with Crippen LogP contribution in [0.2, 0.25) is 0 Å². The number of hydrogen-bond donors (Lipinski definition) is 1. The molecule has 2 rings (SSSR count). The summed E-state index contributed by atoms with van der Waals surface area (Å²) in [6.45, 7) is 2.93. The van der Waals surface area contributed by atoms with E-state index in [2.05, 4.69) is 18.3 Å². The summed E-state index contributed by atoms with van der Waals surface area (Å²) in [6.07, 6.45) is 2.57. The molecule has 0 aromatic carbocycles. The molecule has 0 fully saturated rings. The first kappa shape index (κ1) is 11.9. The molecule has 3 nitrogen and oxygen atoms in total. The number of rotatable bonds is 5. The van der Waals surface area contributed by atoms with Crippen LogP contribution in [0.15, 0.2) is 34.9 Å². The second kappa shape index (κ2) is 5.67. The van der Waals surface area contributed by atoms with Gasteiger partial charge in [-0.2, -0.15) is 5.26 Å². The predicted octanol–water partition coefficient (Wildman–Crippen LogP) is 2.93. The highest BCUT2D eigenvalue weighted by molar-refractivity contribution is 7.12. The van der Waals surface area contributed by atoms with Crippen molar-refractivity contribution in [1.29, 1.82) is 5.26 Å². The maximum atomic E-state index is 8.73. The van der Waals surface area contributed by atoms with Gasteiger partial charge in [0.1, 0.15) is 16.7 Å². The molecule has 1 unspecified atom stereocenters. The van der Waals surface area contributed by atoms with Crippen LogP contribution in [0, 0.1) is 11.3 Å². The number of nitrogens with zero attached hydrogens (tertiary/aromatic N) is 1. The predicted molar refractivity (Wildman–Crippen MR) is 67.7 cm³/mol. The Kier molecular flexibility index (Phi) is 3.97. The van der Waals surface area contributed by atoms with Crippen LogP contribution in [0.5, 0.6) is 0 Å². The number of nitrogens with one attached hydrogen (secondary N) is 1. The van der Waals surface area contributed by atoms with E-state index in [1.807, 2.05) is 24.3 Å². The van der Waals surface area contributed by atoms with E-state index in [4.69, 9.17) is 9.68 Å². The van der Waals surface area contributed by atoms with Crippen molar-refractivity contribution in [2.45, 2.75) is 25.9 Å². The molecule has 88 valence electrons. The summed E-state index contributed by atoms with van der Waals surface area (Å²) in [7, 11) is 0. The van der Waals surface area contributed by atoms with Gasteiger partial charge in [-0.15, -0.1) is 11.3 Å². The van der Waals surface area contributed by atoms with E-state index in [-0.39, 0.29) is 0 Å². The molecule has 0 radical (unpaired) electrons. The molecule has 17 heavy (non-hydrogen) atoms. The monoisotopic (exact) mass is 246 g/mol. The molecule has 0 aliphatic heterocycles. The Labute approximate surface area is 105 Å². The van der Waals surface area contributed by atoms with Crippen molar-refractivity contribution in [2.75, 3.05) is 0 Å². The lowest BCUT2D eigenvalue weighted by Crippen LogP contribution is -2.26. The van der Waals surface area contributed by atoms with Gasteiger partial charge in [-0.05, 0) is 31.2 Å². The van der Waals surface area contributed by atoms with Gasteiger partial charge in [0, 0.05) is 23.9 Å². The van der Waals surface area contributed by atoms with E-state index in [9.17, 15) is 0 Å². The lowest BCUT2D eigenvalue weighted by molar-refractivity contribution is 0.457. The van der Waals surface area contributed by atoms with Crippen LogP contribution >= 0.6 is 11.3 Å². The van der Waals surface area contributed by atoms with Gasteiger partial charge in [-0.3, -0.25) is 0 Å². The Morgan fingerprint density at radius 3 is 3.00 bits per heavy atom. The Morgan fingerprint density at radius 1 is 1.47 bits per heavy atom. The van der Waals surface area contributed by atoms with Crippen LogP contribution < -0.4 is 5.32 Å². The quantitative estimate of drug-likeness (QED) is 0.882. The van der Waals surface area contributed by atoms with Crippen molar-refractivity contribution in [1.82, 2.24) is 5.32 Å². The molecule has 2 heterocycles. The first-order valence-electron chi connectivity index (χ1n) is 5.52. The molecular formula is C13H14N2OS. The highest BCUT2D eigenvalue weighted by Gasteiger charge is 2.06. The zero-order chi connectivity index (χ0) is 12.1. The fourth-order valence-electron chi connectivity index (χ4n) is 1.61. The van der Waals surface area contributed by atoms with Crippen LogP contribution in [-0.4, -0.2) is 6.04 Å². The zero-order valence-corrected chi connectivity index (χ0v) is 10.5. The zero-order valence-electron chi connectivity index (χ0n) is 9.64. The molecule has 0 saturated carbocycles. The van der Waals surface area contributed by atoms with Crippen molar-refractivity contribution in [2.24, 2.45) is 0 Å². The van der Waals surface area contributed by atoms with Crippen molar-refractivity contribution in [3.63, 3.8) is 0 Å². The minimum Gasteiger partial charge on any atom is -0.469 e. The molecule has 2 aromatic heterocycles. The summed E-state index contributed by atoms with van der Waals surface area (Å²) >= 11 is 1.54. The maximum Gasteiger partial charge on any atom is 0.110 e. The first-order chi connectivity index (χ1) is 8.28. The summed E-state index contributed by atoms with van der Waals surface area (Å²) in [5.74, 6) is 0.994. The maximum absolute atomic E-state index is 8.73. The number of furan rings is 1. The molecule has 0 aliphatic carbocycles. The number of hydrogen-bond acceptors (Lipinski definition) is 4. The van der Waals surface area contributed by atoms with Gasteiger partial charge in [-0.25, -0.2) is 0 Å². The first-order valence-corrected chi connectivity index (χ1v) is 6.34. The van der Waals surface area contributed by atoms with E-state index in [0.717, 1.165) is 23.6 Å². The van der Waals surface area contributed by atoms with Gasteiger partial charge in [0.05, 0.1) is 6.26 Å². The Balaban J connectivity index is 1.80. The van der Waals surface area contributed by atoms with Gasteiger partial charge in [0.15, 0.2) is 0 Å². The van der Waals surface area contributed by atoms with Crippen molar-refractivity contribution < 1.29 is 4.42 Å². The Morgan fingerprint density at radius 2 is 2.35 bits per heavy atom. The van der Waals surface area contributed by atoms with Gasteiger partial charge in [-0.1, -0.05) is 0 Å². The van der Waals surface area contributed by atoms with Crippen LogP contribution in [0.3, 0.4) is 0 Å². The Bertz CT molecular complexity index is 496. The average Bonchev–Trinajstić information content (AvgIpc) is 2.96. The molecule has 0 saturated heterocycles. The summed E-state index contributed by atoms with van der Waals surface area (Å²) in [6, 6.07) is 10.2. The topological polar surface area (TPSA) is 49.0 Å². The third-order valence-electron chi connectivity index (χ3n) is 2.48. The fourth-order valence-corrected chi connectivity index (χ4v) is 2.37. The van der Waals surface area contributed by atoms with Crippen molar-refractivity contribution in [3.05, 3.63) is 46.0 Å². The lowest BCUT2D eigenvalue weighted by atomic mass is 10.2. The van der Waals surface area contributed by atoms with E-state index in [1.54, 1.807) is 6.26 Å². The minimum absolute atomic E-state index is 0.355. The van der Waals surface area contributed by atoms with Crippen LogP contribution in [0.1, 0.15) is 22.4 Å². The van der Waals surface area contributed by atoms with Gasteiger partial charge in [0.25, 0.3) is 0 Å². The van der Waals surface area contributed by atoms with Crippen molar-refractivity contribution in [3.8, 4) is 6.07 Å². The van der Waals surface area contributed by atoms with Gasteiger partial charge >= 0.3 is 0 Å². The molecule has 1 atom stereocenters. The summed E-state index contributed by atoms with van der Waals surface area (Å²) in [4.78, 5) is 1.95. The SMILES string of the molecule is CC(Cc1ccco1)NCc1ccc(C#N)s1. The van der Waals surface area contributed by atoms with Crippen molar-refractivity contribution >= 4 is 11.3 Å². The second-order valence-corrected chi connectivity index (χ2v) is 5.11. The number of thiophene rings is 1.